The first-order valence-corrected chi connectivity index (χ1v) is 10.3. The molecule has 0 saturated carbocycles. The lowest BCUT2D eigenvalue weighted by Gasteiger charge is -2.24. The topological polar surface area (TPSA) is 102 Å². The Bertz CT molecular complexity index is 1260. The molecule has 1 aromatic heterocycles. The first-order chi connectivity index (χ1) is 15.4. The lowest BCUT2D eigenvalue weighted by Crippen LogP contribution is -2.29. The summed E-state index contributed by atoms with van der Waals surface area (Å²) in [6.45, 7) is 1.72. The van der Waals surface area contributed by atoms with E-state index in [1.54, 1.807) is 31.2 Å². The molecular weight excluding hydrogens is 437 g/mol. The zero-order chi connectivity index (χ0) is 23.0. The van der Waals surface area contributed by atoms with Crippen LogP contribution in [0.5, 0.6) is 11.5 Å². The zero-order valence-corrected chi connectivity index (χ0v) is 18.1. The van der Waals surface area contributed by atoms with E-state index in [-0.39, 0.29) is 22.0 Å². The van der Waals surface area contributed by atoms with E-state index in [4.69, 9.17) is 9.47 Å². The van der Waals surface area contributed by atoms with Gasteiger partial charge in [0.2, 0.25) is 5.13 Å². The van der Waals surface area contributed by atoms with Gasteiger partial charge in [-0.05, 0) is 31.2 Å². The third-order valence-corrected chi connectivity index (χ3v) is 5.86. The van der Waals surface area contributed by atoms with Crippen LogP contribution in [-0.2, 0) is 9.59 Å². The van der Waals surface area contributed by atoms with Crippen molar-refractivity contribution in [3.63, 3.8) is 0 Å². The summed E-state index contributed by atoms with van der Waals surface area (Å²) in [6.07, 6.45) is 0. The largest absolute Gasteiger partial charge is 0.507 e. The molecule has 1 N–H and O–H groups in total. The molecule has 1 amide bonds. The van der Waals surface area contributed by atoms with E-state index >= 15 is 0 Å². The number of aryl methyl sites for hydroxylation is 1. The summed E-state index contributed by atoms with van der Waals surface area (Å²) >= 11 is 1.13. The van der Waals surface area contributed by atoms with Gasteiger partial charge >= 0.3 is 5.91 Å². The average Bonchev–Trinajstić information content (AvgIpc) is 3.33. The highest BCUT2D eigenvalue weighted by Crippen LogP contribution is 2.45. The number of rotatable bonds is 5. The van der Waals surface area contributed by atoms with Gasteiger partial charge in [0, 0.05) is 11.1 Å². The minimum absolute atomic E-state index is 0.0207. The second kappa shape index (κ2) is 8.39. The molecule has 1 saturated heterocycles. The van der Waals surface area contributed by atoms with Crippen LogP contribution in [-0.4, -0.2) is 41.2 Å². The molecule has 0 unspecified atom stereocenters. The van der Waals surface area contributed by atoms with Crippen molar-refractivity contribution in [2.45, 2.75) is 13.0 Å². The maximum atomic E-state index is 14.3. The summed E-state index contributed by atoms with van der Waals surface area (Å²) in [7, 11) is 2.77. The van der Waals surface area contributed by atoms with E-state index in [0.29, 0.717) is 16.3 Å². The van der Waals surface area contributed by atoms with Crippen LogP contribution in [0.25, 0.3) is 5.76 Å². The normalized spacial score (nSPS) is 17.6. The first kappa shape index (κ1) is 21.4. The molecule has 0 bridgehead atoms. The first-order valence-electron chi connectivity index (χ1n) is 9.45. The average molecular weight is 455 g/mol. The Morgan fingerprint density at radius 1 is 1.09 bits per heavy atom. The third kappa shape index (κ3) is 3.48. The molecule has 1 atom stereocenters. The molecular formula is C22H18FN3O5S. The van der Waals surface area contributed by atoms with Crippen LogP contribution >= 0.6 is 11.3 Å². The van der Waals surface area contributed by atoms with E-state index in [0.717, 1.165) is 17.4 Å². The smallest absolute Gasteiger partial charge is 0.301 e. The fourth-order valence-electron chi connectivity index (χ4n) is 3.57. The SMILES string of the molecule is COc1ccc(/C(O)=C2\C(=O)C(=O)N(c3nnc(C)s3)[C@@H]2c2ccccc2OC)cc1F. The number of ether oxygens (including phenoxy) is 2. The summed E-state index contributed by atoms with van der Waals surface area (Å²) in [5, 5.41) is 19.8. The van der Waals surface area contributed by atoms with Crippen molar-refractivity contribution < 1.29 is 28.6 Å². The number of nitrogens with zero attached hydrogens (tertiary/aromatic N) is 3. The summed E-state index contributed by atoms with van der Waals surface area (Å²) in [5.74, 6) is -2.68. The Hall–Kier alpha value is -3.79. The predicted octanol–water partition coefficient (Wildman–Crippen LogP) is 3.63. The van der Waals surface area contributed by atoms with Crippen molar-refractivity contribution in [3.8, 4) is 11.5 Å². The van der Waals surface area contributed by atoms with Crippen molar-refractivity contribution in [1.82, 2.24) is 10.2 Å². The molecule has 2 aromatic carbocycles. The minimum Gasteiger partial charge on any atom is -0.507 e. The molecule has 164 valence electrons. The lowest BCUT2D eigenvalue weighted by atomic mass is 9.94. The molecule has 2 heterocycles. The molecule has 1 fully saturated rings. The highest BCUT2D eigenvalue weighted by atomic mass is 32.1. The van der Waals surface area contributed by atoms with Gasteiger partial charge in [-0.1, -0.05) is 29.5 Å². The van der Waals surface area contributed by atoms with Gasteiger partial charge in [0.25, 0.3) is 5.78 Å². The van der Waals surface area contributed by atoms with Gasteiger partial charge in [-0.2, -0.15) is 0 Å². The number of ketones is 1. The van der Waals surface area contributed by atoms with Gasteiger partial charge in [-0.15, -0.1) is 10.2 Å². The number of aliphatic hydroxyl groups excluding tert-OH is 1. The summed E-state index contributed by atoms with van der Waals surface area (Å²) < 4.78 is 24.6. The fraction of sp³-hybridized carbons (Fsp3) is 0.182. The maximum absolute atomic E-state index is 14.3. The number of benzene rings is 2. The molecule has 0 radical (unpaired) electrons. The van der Waals surface area contributed by atoms with E-state index in [1.165, 1.54) is 31.3 Å². The number of anilines is 1. The maximum Gasteiger partial charge on any atom is 0.301 e. The van der Waals surface area contributed by atoms with E-state index in [2.05, 4.69) is 10.2 Å². The van der Waals surface area contributed by atoms with Gasteiger partial charge < -0.3 is 14.6 Å². The number of para-hydroxylation sites is 1. The Morgan fingerprint density at radius 3 is 2.44 bits per heavy atom. The van der Waals surface area contributed by atoms with Crippen LogP contribution in [0.3, 0.4) is 0 Å². The number of carbonyl (C=O) groups is 2. The van der Waals surface area contributed by atoms with Crippen LogP contribution in [0, 0.1) is 12.7 Å². The number of methoxy groups -OCH3 is 2. The van der Waals surface area contributed by atoms with Crippen molar-refractivity contribution in [2.75, 3.05) is 19.1 Å². The Balaban J connectivity index is 1.97. The van der Waals surface area contributed by atoms with Gasteiger partial charge in [0.05, 0.1) is 19.8 Å². The van der Waals surface area contributed by atoms with Gasteiger partial charge in [0.1, 0.15) is 22.6 Å². The number of amides is 1. The van der Waals surface area contributed by atoms with Crippen LogP contribution < -0.4 is 14.4 Å². The number of carbonyl (C=O) groups excluding carboxylic acids is 2. The summed E-state index contributed by atoms with van der Waals surface area (Å²) in [6, 6.07) is 9.52. The molecule has 10 heteroatoms. The predicted molar refractivity (Wildman–Crippen MR) is 115 cm³/mol. The van der Waals surface area contributed by atoms with Crippen LogP contribution in [0.1, 0.15) is 22.2 Å². The molecule has 1 aliphatic heterocycles. The molecule has 32 heavy (non-hydrogen) atoms. The minimum atomic E-state index is -1.05. The lowest BCUT2D eigenvalue weighted by molar-refractivity contribution is -0.132. The Morgan fingerprint density at radius 2 is 1.81 bits per heavy atom. The van der Waals surface area contributed by atoms with E-state index in [1.807, 2.05) is 0 Å². The van der Waals surface area contributed by atoms with Crippen molar-refractivity contribution in [3.05, 3.63) is 70.0 Å². The fourth-order valence-corrected chi connectivity index (χ4v) is 4.28. The number of hydrogen-bond donors (Lipinski definition) is 1. The molecule has 1 aliphatic rings. The zero-order valence-electron chi connectivity index (χ0n) is 17.3. The quantitative estimate of drug-likeness (QED) is 0.356. The van der Waals surface area contributed by atoms with Gasteiger partial charge in [-0.25, -0.2) is 4.39 Å². The van der Waals surface area contributed by atoms with Gasteiger partial charge in [-0.3, -0.25) is 14.5 Å². The molecule has 0 spiro atoms. The van der Waals surface area contributed by atoms with E-state index < -0.39 is 29.3 Å². The monoisotopic (exact) mass is 455 g/mol. The Kier molecular flexibility index (Phi) is 5.62. The molecule has 8 nitrogen and oxygen atoms in total. The number of aliphatic hydroxyl groups is 1. The number of aromatic nitrogens is 2. The highest BCUT2D eigenvalue weighted by Gasteiger charge is 2.49. The summed E-state index contributed by atoms with van der Waals surface area (Å²) in [4.78, 5) is 27.3. The Labute approximate surface area is 186 Å². The van der Waals surface area contributed by atoms with Gasteiger partial charge in [0.15, 0.2) is 11.6 Å². The molecule has 0 aliphatic carbocycles. The molecule has 4 rings (SSSR count). The van der Waals surface area contributed by atoms with Crippen molar-refractivity contribution >= 4 is 33.9 Å². The van der Waals surface area contributed by atoms with Crippen LogP contribution in [0.2, 0.25) is 0 Å². The van der Waals surface area contributed by atoms with Crippen molar-refractivity contribution in [1.29, 1.82) is 0 Å². The third-order valence-electron chi connectivity index (χ3n) is 5.02. The highest BCUT2D eigenvalue weighted by molar-refractivity contribution is 7.15. The van der Waals surface area contributed by atoms with Crippen molar-refractivity contribution in [2.24, 2.45) is 0 Å². The molecule has 3 aromatic rings. The second-order valence-corrected chi connectivity index (χ2v) is 8.02. The standard InChI is InChI=1S/C22H18FN3O5S/c1-11-24-25-22(32-11)26-18(13-6-4-5-7-15(13)30-2)17(20(28)21(26)29)19(27)12-8-9-16(31-3)14(23)10-12/h4-10,18,27H,1-3H3/b19-17+/t18-/m1/s1. The number of hydrogen-bond acceptors (Lipinski definition) is 8. The second-order valence-electron chi connectivity index (χ2n) is 6.86. The summed E-state index contributed by atoms with van der Waals surface area (Å²) in [5.41, 5.74) is 0.268. The van der Waals surface area contributed by atoms with Crippen LogP contribution in [0.4, 0.5) is 9.52 Å². The van der Waals surface area contributed by atoms with E-state index in [9.17, 15) is 19.1 Å². The number of Topliss-reactive ketones (excluding diaryl/α,β-unsaturated/α-hetero) is 1. The van der Waals surface area contributed by atoms with Crippen LogP contribution in [0.15, 0.2) is 48.0 Å². The number of halogens is 1.